The maximum absolute atomic E-state index is 11.5. The number of nitrogens with two attached hydrogens (primary N) is 1. The summed E-state index contributed by atoms with van der Waals surface area (Å²) in [5.41, 5.74) is 7.40. The molecule has 1 aliphatic rings. The van der Waals surface area contributed by atoms with Crippen LogP contribution < -0.4 is 10.6 Å². The summed E-state index contributed by atoms with van der Waals surface area (Å²) in [6.07, 6.45) is -0.533. The fourth-order valence-electron chi connectivity index (χ4n) is 1.99. The van der Waals surface area contributed by atoms with Crippen LogP contribution in [0.4, 0.5) is 5.69 Å². The molecule has 0 bridgehead atoms. The Balaban J connectivity index is 2.08. The molecule has 6 heteroatoms. The SMILES string of the molecule is COC(=O)C1CN(c2ccc(C(N)=S)cc2)CCO1. The van der Waals surface area contributed by atoms with Crippen molar-refractivity contribution in [3.05, 3.63) is 29.8 Å². The van der Waals surface area contributed by atoms with Gasteiger partial charge < -0.3 is 20.1 Å². The molecule has 0 aromatic heterocycles. The van der Waals surface area contributed by atoms with E-state index in [0.717, 1.165) is 17.8 Å². The molecule has 1 fully saturated rings. The van der Waals surface area contributed by atoms with Crippen LogP contribution in [0.15, 0.2) is 24.3 Å². The number of carbonyl (C=O) groups is 1. The summed E-state index contributed by atoms with van der Waals surface area (Å²) < 4.78 is 10.1. The van der Waals surface area contributed by atoms with Crippen molar-refractivity contribution in [3.8, 4) is 0 Å². The predicted octanol–water partition coefficient (Wildman–Crippen LogP) is 0.699. The van der Waals surface area contributed by atoms with E-state index in [-0.39, 0.29) is 5.97 Å². The molecular formula is C13H16N2O3S. The van der Waals surface area contributed by atoms with E-state index < -0.39 is 6.10 Å². The number of carbonyl (C=O) groups excluding carboxylic acids is 1. The summed E-state index contributed by atoms with van der Waals surface area (Å²) in [6.45, 7) is 1.72. The van der Waals surface area contributed by atoms with E-state index >= 15 is 0 Å². The molecule has 2 rings (SSSR count). The van der Waals surface area contributed by atoms with Gasteiger partial charge in [-0.2, -0.15) is 0 Å². The zero-order valence-corrected chi connectivity index (χ0v) is 11.5. The van der Waals surface area contributed by atoms with Crippen LogP contribution in [0.5, 0.6) is 0 Å². The van der Waals surface area contributed by atoms with Gasteiger partial charge in [-0.1, -0.05) is 12.2 Å². The van der Waals surface area contributed by atoms with Gasteiger partial charge in [0.15, 0.2) is 6.10 Å². The van der Waals surface area contributed by atoms with Crippen molar-refractivity contribution >= 4 is 28.9 Å². The molecule has 1 aromatic carbocycles. The lowest BCUT2D eigenvalue weighted by Crippen LogP contribution is -2.46. The normalized spacial score (nSPS) is 19.0. The molecule has 2 N–H and O–H groups in total. The van der Waals surface area contributed by atoms with Gasteiger partial charge in [0.05, 0.1) is 20.3 Å². The predicted molar refractivity (Wildman–Crippen MR) is 76.3 cm³/mol. The highest BCUT2D eigenvalue weighted by molar-refractivity contribution is 7.80. The van der Waals surface area contributed by atoms with Gasteiger partial charge in [0.2, 0.25) is 0 Å². The maximum atomic E-state index is 11.5. The number of anilines is 1. The second-order valence-electron chi connectivity index (χ2n) is 4.24. The van der Waals surface area contributed by atoms with Gasteiger partial charge in [-0.25, -0.2) is 4.79 Å². The zero-order chi connectivity index (χ0) is 13.8. The summed E-state index contributed by atoms with van der Waals surface area (Å²) in [5, 5.41) is 0. The van der Waals surface area contributed by atoms with Crippen LogP contribution in [0.25, 0.3) is 0 Å². The molecule has 102 valence electrons. The van der Waals surface area contributed by atoms with E-state index in [1.165, 1.54) is 7.11 Å². The van der Waals surface area contributed by atoms with Gasteiger partial charge in [-0.05, 0) is 24.3 Å². The Morgan fingerprint density at radius 3 is 2.74 bits per heavy atom. The molecule has 19 heavy (non-hydrogen) atoms. The van der Waals surface area contributed by atoms with E-state index in [1.807, 2.05) is 24.3 Å². The molecule has 1 unspecified atom stereocenters. The average molecular weight is 280 g/mol. The van der Waals surface area contributed by atoms with Crippen molar-refractivity contribution in [2.45, 2.75) is 6.10 Å². The fourth-order valence-corrected chi connectivity index (χ4v) is 2.13. The smallest absolute Gasteiger partial charge is 0.336 e. The molecule has 0 aliphatic carbocycles. The van der Waals surface area contributed by atoms with Crippen molar-refractivity contribution in [1.82, 2.24) is 0 Å². The third-order valence-corrected chi connectivity index (χ3v) is 3.28. The number of ether oxygens (including phenoxy) is 2. The van der Waals surface area contributed by atoms with E-state index in [4.69, 9.17) is 27.4 Å². The monoisotopic (exact) mass is 280 g/mol. The van der Waals surface area contributed by atoms with Crippen molar-refractivity contribution in [2.75, 3.05) is 31.7 Å². The van der Waals surface area contributed by atoms with E-state index in [1.54, 1.807) is 0 Å². The summed E-state index contributed by atoms with van der Waals surface area (Å²) >= 11 is 4.91. The Morgan fingerprint density at radius 2 is 2.16 bits per heavy atom. The van der Waals surface area contributed by atoms with Crippen LogP contribution >= 0.6 is 12.2 Å². The molecule has 1 aliphatic heterocycles. The highest BCUT2D eigenvalue weighted by Crippen LogP contribution is 2.19. The van der Waals surface area contributed by atoms with Crippen LogP contribution in [0.2, 0.25) is 0 Å². The van der Waals surface area contributed by atoms with Gasteiger partial charge in [-0.3, -0.25) is 0 Å². The van der Waals surface area contributed by atoms with Crippen LogP contribution in [0, 0.1) is 0 Å². The molecule has 0 radical (unpaired) electrons. The number of methoxy groups -OCH3 is 1. The number of hydrogen-bond donors (Lipinski definition) is 1. The molecule has 0 saturated carbocycles. The first-order chi connectivity index (χ1) is 9.11. The Labute approximate surface area is 117 Å². The minimum Gasteiger partial charge on any atom is -0.467 e. The minimum absolute atomic E-state index is 0.343. The standard InChI is InChI=1S/C13H16N2O3S/c1-17-13(16)11-8-15(6-7-18-11)10-4-2-9(3-5-10)12(14)19/h2-5,11H,6-8H2,1H3,(H2,14,19). The zero-order valence-electron chi connectivity index (χ0n) is 10.7. The van der Waals surface area contributed by atoms with Crippen LogP contribution in [0.1, 0.15) is 5.56 Å². The average Bonchev–Trinajstić information content (AvgIpc) is 2.46. The quantitative estimate of drug-likeness (QED) is 0.649. The molecule has 1 aromatic rings. The molecular weight excluding hydrogens is 264 g/mol. The molecule has 1 atom stereocenters. The van der Waals surface area contributed by atoms with E-state index in [2.05, 4.69) is 4.90 Å². The number of esters is 1. The summed E-state index contributed by atoms with van der Waals surface area (Å²) in [4.78, 5) is 13.9. The number of rotatable bonds is 3. The summed E-state index contributed by atoms with van der Waals surface area (Å²) in [6, 6.07) is 7.63. The van der Waals surface area contributed by atoms with Crippen molar-refractivity contribution in [3.63, 3.8) is 0 Å². The van der Waals surface area contributed by atoms with E-state index in [0.29, 0.717) is 18.1 Å². The number of thiocarbonyl (C=S) groups is 1. The highest BCUT2D eigenvalue weighted by Gasteiger charge is 2.27. The van der Waals surface area contributed by atoms with Crippen LogP contribution in [0.3, 0.4) is 0 Å². The number of morpholine rings is 1. The maximum Gasteiger partial charge on any atom is 0.336 e. The molecule has 0 spiro atoms. The first-order valence-electron chi connectivity index (χ1n) is 5.96. The van der Waals surface area contributed by atoms with E-state index in [9.17, 15) is 4.79 Å². The Kier molecular flexibility index (Phi) is 4.34. The lowest BCUT2D eigenvalue weighted by Gasteiger charge is -2.33. The van der Waals surface area contributed by atoms with Crippen LogP contribution in [-0.2, 0) is 14.3 Å². The van der Waals surface area contributed by atoms with Gasteiger partial charge in [-0.15, -0.1) is 0 Å². The van der Waals surface area contributed by atoms with Gasteiger partial charge >= 0.3 is 5.97 Å². The minimum atomic E-state index is -0.533. The third kappa shape index (κ3) is 3.21. The van der Waals surface area contributed by atoms with Crippen molar-refractivity contribution in [2.24, 2.45) is 5.73 Å². The Hall–Kier alpha value is -1.66. The molecule has 5 nitrogen and oxygen atoms in total. The summed E-state index contributed by atoms with van der Waals surface area (Å²) in [5.74, 6) is -0.343. The number of benzene rings is 1. The van der Waals surface area contributed by atoms with Crippen LogP contribution in [-0.4, -0.2) is 43.9 Å². The summed E-state index contributed by atoms with van der Waals surface area (Å²) in [7, 11) is 1.36. The first kappa shape index (κ1) is 13.8. The second-order valence-corrected chi connectivity index (χ2v) is 4.68. The molecule has 0 amide bonds. The lowest BCUT2D eigenvalue weighted by molar-refractivity contribution is -0.154. The Morgan fingerprint density at radius 1 is 1.47 bits per heavy atom. The molecule has 1 saturated heterocycles. The first-order valence-corrected chi connectivity index (χ1v) is 6.37. The topological polar surface area (TPSA) is 64.8 Å². The Bertz CT molecular complexity index is 475. The second kappa shape index (κ2) is 5.99. The molecule has 1 heterocycles. The van der Waals surface area contributed by atoms with Crippen molar-refractivity contribution < 1.29 is 14.3 Å². The largest absolute Gasteiger partial charge is 0.467 e. The third-order valence-electron chi connectivity index (χ3n) is 3.05. The highest BCUT2D eigenvalue weighted by atomic mass is 32.1. The van der Waals surface area contributed by atoms with Gasteiger partial charge in [0, 0.05) is 17.8 Å². The number of hydrogen-bond acceptors (Lipinski definition) is 5. The van der Waals surface area contributed by atoms with Gasteiger partial charge in [0.25, 0.3) is 0 Å². The fraction of sp³-hybridized carbons (Fsp3) is 0.385. The van der Waals surface area contributed by atoms with Crippen molar-refractivity contribution in [1.29, 1.82) is 0 Å². The number of nitrogens with zero attached hydrogens (tertiary/aromatic N) is 1. The lowest BCUT2D eigenvalue weighted by atomic mass is 10.1. The van der Waals surface area contributed by atoms with Gasteiger partial charge in [0.1, 0.15) is 4.99 Å².